The van der Waals surface area contributed by atoms with Gasteiger partial charge in [0.2, 0.25) is 0 Å². The SMILES string of the molecule is OB(c1ccccc1)c1ccccc1CCOC(B(O)c1ccccc1)c1ccccc1. The van der Waals surface area contributed by atoms with Gasteiger partial charge in [-0.15, -0.1) is 0 Å². The fraction of sp³-hybridized carbons (Fsp3) is 0.111. The van der Waals surface area contributed by atoms with Crippen molar-refractivity contribution in [2.45, 2.75) is 12.4 Å². The van der Waals surface area contributed by atoms with Crippen molar-refractivity contribution in [3.63, 3.8) is 0 Å². The maximum atomic E-state index is 11.1. The van der Waals surface area contributed by atoms with Crippen LogP contribution in [-0.2, 0) is 11.2 Å². The third-order valence-electron chi connectivity index (χ3n) is 5.69. The summed E-state index contributed by atoms with van der Waals surface area (Å²) in [7, 11) is 0. The highest BCUT2D eigenvalue weighted by molar-refractivity contribution is 6.79. The summed E-state index contributed by atoms with van der Waals surface area (Å²) >= 11 is 0. The first-order valence-electron chi connectivity index (χ1n) is 10.9. The van der Waals surface area contributed by atoms with E-state index < -0.39 is 19.8 Å². The molecule has 2 N–H and O–H groups in total. The van der Waals surface area contributed by atoms with E-state index in [1.807, 2.05) is 115 Å². The van der Waals surface area contributed by atoms with Crippen LogP contribution in [0.5, 0.6) is 0 Å². The Kier molecular flexibility index (Phi) is 7.57. The number of ether oxygens (including phenoxy) is 1. The van der Waals surface area contributed by atoms with Crippen LogP contribution in [0, 0.1) is 0 Å². The van der Waals surface area contributed by atoms with Crippen LogP contribution in [0.3, 0.4) is 0 Å². The summed E-state index contributed by atoms with van der Waals surface area (Å²) in [5.41, 5.74) is 4.53. The number of benzene rings is 4. The van der Waals surface area contributed by atoms with Crippen molar-refractivity contribution < 1.29 is 14.8 Å². The summed E-state index contributed by atoms with van der Waals surface area (Å²) in [6.07, 6.45) is 0.630. The molecule has 0 saturated carbocycles. The van der Waals surface area contributed by atoms with Crippen molar-refractivity contribution in [2.24, 2.45) is 0 Å². The molecule has 0 fully saturated rings. The summed E-state index contributed by atoms with van der Waals surface area (Å²) in [6, 6.07) is 36.5. The second-order valence-electron chi connectivity index (χ2n) is 7.82. The molecule has 5 heteroatoms. The molecule has 4 aromatic carbocycles. The topological polar surface area (TPSA) is 49.7 Å². The fourth-order valence-corrected chi connectivity index (χ4v) is 3.98. The van der Waals surface area contributed by atoms with E-state index in [1.54, 1.807) is 0 Å². The zero-order chi connectivity index (χ0) is 22.2. The van der Waals surface area contributed by atoms with Crippen LogP contribution in [0.15, 0.2) is 115 Å². The van der Waals surface area contributed by atoms with Crippen LogP contribution >= 0.6 is 0 Å². The third-order valence-corrected chi connectivity index (χ3v) is 5.69. The second-order valence-corrected chi connectivity index (χ2v) is 7.82. The highest BCUT2D eigenvalue weighted by atomic mass is 16.5. The van der Waals surface area contributed by atoms with Gasteiger partial charge in [-0.25, -0.2) is 0 Å². The minimum absolute atomic E-state index is 0.419. The maximum absolute atomic E-state index is 11.1. The van der Waals surface area contributed by atoms with E-state index in [0.29, 0.717) is 13.0 Å². The van der Waals surface area contributed by atoms with Crippen molar-refractivity contribution in [2.75, 3.05) is 6.61 Å². The van der Waals surface area contributed by atoms with Gasteiger partial charge in [0, 0.05) is 0 Å². The number of hydrogen-bond donors (Lipinski definition) is 2. The van der Waals surface area contributed by atoms with Crippen molar-refractivity contribution >= 4 is 30.2 Å². The van der Waals surface area contributed by atoms with E-state index in [4.69, 9.17) is 4.74 Å². The summed E-state index contributed by atoms with van der Waals surface area (Å²) < 4.78 is 6.26. The lowest BCUT2D eigenvalue weighted by Crippen LogP contribution is -2.44. The Morgan fingerprint density at radius 1 is 0.625 bits per heavy atom. The second kappa shape index (κ2) is 11.0. The monoisotopic (exact) mass is 420 g/mol. The summed E-state index contributed by atoms with van der Waals surface area (Å²) in [4.78, 5) is 0. The Morgan fingerprint density at radius 3 is 1.81 bits per heavy atom. The van der Waals surface area contributed by atoms with Gasteiger partial charge in [0.05, 0.1) is 12.6 Å². The zero-order valence-corrected chi connectivity index (χ0v) is 17.9. The maximum Gasteiger partial charge on any atom is 0.359 e. The van der Waals surface area contributed by atoms with Gasteiger partial charge in [-0.05, 0) is 33.9 Å². The normalized spacial score (nSPS) is 11.7. The van der Waals surface area contributed by atoms with Gasteiger partial charge in [0.1, 0.15) is 0 Å². The molecule has 0 radical (unpaired) electrons. The lowest BCUT2D eigenvalue weighted by atomic mass is 9.54. The largest absolute Gasteiger partial charge is 0.445 e. The van der Waals surface area contributed by atoms with Gasteiger partial charge in [-0.3, -0.25) is 0 Å². The average molecular weight is 420 g/mol. The molecule has 4 aromatic rings. The fourth-order valence-electron chi connectivity index (χ4n) is 3.98. The molecule has 0 amide bonds. The average Bonchev–Trinajstić information content (AvgIpc) is 2.87. The summed E-state index contributed by atoms with van der Waals surface area (Å²) in [5.74, 6) is 0. The smallest absolute Gasteiger partial charge is 0.359 e. The lowest BCUT2D eigenvalue weighted by molar-refractivity contribution is 0.0978. The molecule has 3 nitrogen and oxygen atoms in total. The van der Waals surface area contributed by atoms with Crippen LogP contribution in [0.25, 0.3) is 0 Å². The first kappa shape index (κ1) is 22.1. The molecule has 4 rings (SSSR count). The molecule has 1 unspecified atom stereocenters. The Morgan fingerprint density at radius 2 is 1.16 bits per heavy atom. The minimum Gasteiger partial charge on any atom is -0.445 e. The van der Waals surface area contributed by atoms with Crippen LogP contribution in [-0.4, -0.2) is 30.5 Å². The molecular formula is C27H26B2O3. The molecule has 1 atom stereocenters. The summed E-state index contributed by atoms with van der Waals surface area (Å²) in [6.45, 7) is -1.04. The van der Waals surface area contributed by atoms with Crippen LogP contribution < -0.4 is 16.4 Å². The molecule has 0 aliphatic heterocycles. The highest BCUT2D eigenvalue weighted by Crippen LogP contribution is 2.20. The van der Waals surface area contributed by atoms with E-state index in [1.165, 1.54) is 0 Å². The Hall–Kier alpha value is -3.11. The molecule has 0 aliphatic rings. The van der Waals surface area contributed by atoms with Crippen LogP contribution in [0.4, 0.5) is 0 Å². The van der Waals surface area contributed by atoms with E-state index >= 15 is 0 Å². The Balaban J connectivity index is 1.50. The molecule has 158 valence electrons. The van der Waals surface area contributed by atoms with Gasteiger partial charge < -0.3 is 14.8 Å². The summed E-state index contributed by atoms with van der Waals surface area (Å²) in [5, 5.41) is 22.0. The first-order valence-corrected chi connectivity index (χ1v) is 10.9. The Labute approximate surface area is 190 Å². The van der Waals surface area contributed by atoms with Gasteiger partial charge in [-0.2, -0.15) is 0 Å². The molecule has 0 aliphatic carbocycles. The van der Waals surface area contributed by atoms with Gasteiger partial charge in [0.15, 0.2) is 0 Å². The van der Waals surface area contributed by atoms with Crippen molar-refractivity contribution in [3.05, 3.63) is 126 Å². The molecule has 0 spiro atoms. The number of rotatable bonds is 9. The highest BCUT2D eigenvalue weighted by Gasteiger charge is 2.29. The van der Waals surface area contributed by atoms with Gasteiger partial charge in [0.25, 0.3) is 0 Å². The van der Waals surface area contributed by atoms with Crippen LogP contribution in [0.2, 0.25) is 0 Å². The van der Waals surface area contributed by atoms with E-state index in [9.17, 15) is 10.0 Å². The molecule has 0 aromatic heterocycles. The number of hydrogen-bond acceptors (Lipinski definition) is 3. The Bertz CT molecular complexity index is 1090. The van der Waals surface area contributed by atoms with E-state index in [0.717, 1.165) is 27.5 Å². The van der Waals surface area contributed by atoms with Gasteiger partial charge in [-0.1, -0.05) is 115 Å². The van der Waals surface area contributed by atoms with Crippen LogP contribution in [0.1, 0.15) is 17.1 Å². The molecule has 0 bridgehead atoms. The van der Waals surface area contributed by atoms with Crippen molar-refractivity contribution in [1.29, 1.82) is 0 Å². The minimum atomic E-state index is -0.774. The van der Waals surface area contributed by atoms with Crippen molar-refractivity contribution in [1.82, 2.24) is 0 Å². The first-order chi connectivity index (χ1) is 15.7. The molecule has 0 heterocycles. The predicted molar refractivity (Wildman–Crippen MR) is 133 cm³/mol. The molecule has 0 saturated heterocycles. The quantitative estimate of drug-likeness (QED) is 0.410. The van der Waals surface area contributed by atoms with E-state index in [-0.39, 0.29) is 0 Å². The molecular weight excluding hydrogens is 394 g/mol. The standard InChI is InChI=1S/C27H26B2O3/c30-28(24-15-6-2-7-16-24)26-19-11-10-12-22(26)20-21-32-27(23-13-4-1-5-14-23)29(31)25-17-8-3-9-18-25/h1-19,27,30-31H,20-21H2. The molecule has 32 heavy (non-hydrogen) atoms. The van der Waals surface area contributed by atoms with Gasteiger partial charge >= 0.3 is 13.8 Å². The van der Waals surface area contributed by atoms with E-state index in [2.05, 4.69) is 0 Å². The third kappa shape index (κ3) is 5.38. The van der Waals surface area contributed by atoms with Crippen molar-refractivity contribution in [3.8, 4) is 0 Å². The zero-order valence-electron chi connectivity index (χ0n) is 17.9. The lowest BCUT2D eigenvalue weighted by Gasteiger charge is -2.22. The predicted octanol–water partition coefficient (Wildman–Crippen LogP) is 2.52.